The Hall–Kier alpha value is -3.15. The minimum atomic E-state index is -0.327. The van der Waals surface area contributed by atoms with Gasteiger partial charge in [-0.25, -0.2) is 9.37 Å². The molecule has 3 rings (SSSR count). The first-order valence-corrected chi connectivity index (χ1v) is 7.76. The SMILES string of the molecule is COc1cccc(COc2cc(C)nc(Nc3cccc(F)c3)n2)c1. The van der Waals surface area contributed by atoms with E-state index in [1.54, 1.807) is 25.3 Å². The lowest BCUT2D eigenvalue weighted by Gasteiger charge is -2.10. The highest BCUT2D eigenvalue weighted by molar-refractivity contribution is 5.53. The van der Waals surface area contributed by atoms with E-state index in [0.29, 0.717) is 24.1 Å². The van der Waals surface area contributed by atoms with Gasteiger partial charge in [-0.05, 0) is 42.8 Å². The number of benzene rings is 2. The van der Waals surface area contributed by atoms with Crippen molar-refractivity contribution in [3.8, 4) is 11.6 Å². The zero-order chi connectivity index (χ0) is 17.6. The number of nitrogens with zero attached hydrogens (tertiary/aromatic N) is 2. The molecule has 0 spiro atoms. The van der Waals surface area contributed by atoms with Crippen molar-refractivity contribution in [2.75, 3.05) is 12.4 Å². The van der Waals surface area contributed by atoms with Crippen LogP contribution in [0.4, 0.5) is 16.0 Å². The minimum Gasteiger partial charge on any atom is -0.497 e. The fourth-order valence-corrected chi connectivity index (χ4v) is 2.28. The Labute approximate surface area is 145 Å². The molecule has 0 bridgehead atoms. The van der Waals surface area contributed by atoms with E-state index in [-0.39, 0.29) is 5.82 Å². The Morgan fingerprint density at radius 3 is 2.68 bits per heavy atom. The zero-order valence-corrected chi connectivity index (χ0v) is 14.0. The van der Waals surface area contributed by atoms with Crippen molar-refractivity contribution >= 4 is 11.6 Å². The molecule has 0 radical (unpaired) electrons. The molecule has 128 valence electrons. The van der Waals surface area contributed by atoms with Gasteiger partial charge in [0.05, 0.1) is 7.11 Å². The summed E-state index contributed by atoms with van der Waals surface area (Å²) in [6.07, 6.45) is 0. The predicted octanol–water partition coefficient (Wildman–Crippen LogP) is 4.26. The summed E-state index contributed by atoms with van der Waals surface area (Å²) in [7, 11) is 1.62. The van der Waals surface area contributed by atoms with Crippen molar-refractivity contribution in [3.05, 3.63) is 71.7 Å². The van der Waals surface area contributed by atoms with E-state index in [2.05, 4.69) is 15.3 Å². The van der Waals surface area contributed by atoms with Crippen molar-refractivity contribution in [2.24, 2.45) is 0 Å². The highest BCUT2D eigenvalue weighted by Crippen LogP contribution is 2.19. The molecule has 1 aromatic heterocycles. The van der Waals surface area contributed by atoms with Gasteiger partial charge in [-0.1, -0.05) is 18.2 Å². The third-order valence-electron chi connectivity index (χ3n) is 3.43. The molecule has 0 aliphatic carbocycles. The molecule has 0 atom stereocenters. The van der Waals surface area contributed by atoms with Crippen LogP contribution in [0.1, 0.15) is 11.3 Å². The molecule has 0 saturated carbocycles. The number of methoxy groups -OCH3 is 1. The maximum Gasteiger partial charge on any atom is 0.230 e. The van der Waals surface area contributed by atoms with Gasteiger partial charge in [0, 0.05) is 17.4 Å². The topological polar surface area (TPSA) is 56.3 Å². The summed E-state index contributed by atoms with van der Waals surface area (Å²) in [5.41, 5.74) is 2.29. The Balaban J connectivity index is 1.72. The number of hydrogen-bond donors (Lipinski definition) is 1. The van der Waals surface area contributed by atoms with E-state index in [9.17, 15) is 4.39 Å². The van der Waals surface area contributed by atoms with Gasteiger partial charge in [0.15, 0.2) is 0 Å². The molecular weight excluding hydrogens is 321 g/mol. The van der Waals surface area contributed by atoms with Gasteiger partial charge in [-0.15, -0.1) is 0 Å². The summed E-state index contributed by atoms with van der Waals surface area (Å²) >= 11 is 0. The zero-order valence-electron chi connectivity index (χ0n) is 14.0. The van der Waals surface area contributed by atoms with E-state index >= 15 is 0 Å². The van der Waals surface area contributed by atoms with Crippen LogP contribution < -0.4 is 14.8 Å². The first-order valence-electron chi connectivity index (χ1n) is 7.76. The van der Waals surface area contributed by atoms with Crippen LogP contribution in [0.5, 0.6) is 11.6 Å². The fourth-order valence-electron chi connectivity index (χ4n) is 2.28. The van der Waals surface area contributed by atoms with E-state index in [1.165, 1.54) is 12.1 Å². The summed E-state index contributed by atoms with van der Waals surface area (Å²) in [4.78, 5) is 8.61. The highest BCUT2D eigenvalue weighted by atomic mass is 19.1. The second-order valence-corrected chi connectivity index (χ2v) is 5.45. The predicted molar refractivity (Wildman–Crippen MR) is 93.8 cm³/mol. The number of hydrogen-bond acceptors (Lipinski definition) is 5. The number of rotatable bonds is 6. The van der Waals surface area contributed by atoms with Crippen molar-refractivity contribution in [3.63, 3.8) is 0 Å². The summed E-state index contributed by atoms with van der Waals surface area (Å²) in [5, 5.41) is 2.98. The Kier molecular flexibility index (Phi) is 5.09. The minimum absolute atomic E-state index is 0.327. The molecule has 1 N–H and O–H groups in total. The van der Waals surface area contributed by atoms with Crippen LogP contribution in [0, 0.1) is 12.7 Å². The first kappa shape index (κ1) is 16.7. The molecule has 0 aliphatic rings. The molecule has 0 fully saturated rings. The van der Waals surface area contributed by atoms with E-state index in [4.69, 9.17) is 9.47 Å². The number of ether oxygens (including phenoxy) is 2. The van der Waals surface area contributed by atoms with Gasteiger partial charge in [0.2, 0.25) is 11.8 Å². The maximum absolute atomic E-state index is 13.3. The Morgan fingerprint density at radius 1 is 1.04 bits per heavy atom. The average Bonchev–Trinajstić information content (AvgIpc) is 2.60. The van der Waals surface area contributed by atoms with Crippen LogP contribution in [0.25, 0.3) is 0 Å². The van der Waals surface area contributed by atoms with Gasteiger partial charge >= 0.3 is 0 Å². The molecule has 0 amide bonds. The third-order valence-corrected chi connectivity index (χ3v) is 3.43. The third kappa shape index (κ3) is 4.67. The molecule has 5 nitrogen and oxygen atoms in total. The largest absolute Gasteiger partial charge is 0.497 e. The lowest BCUT2D eigenvalue weighted by molar-refractivity contribution is 0.292. The lowest BCUT2D eigenvalue weighted by atomic mass is 10.2. The van der Waals surface area contributed by atoms with Gasteiger partial charge in [0.1, 0.15) is 18.2 Å². The van der Waals surface area contributed by atoms with Gasteiger partial charge in [0.25, 0.3) is 0 Å². The molecule has 0 saturated heterocycles. The number of anilines is 2. The summed E-state index contributed by atoms with van der Waals surface area (Å²) < 4.78 is 24.2. The quantitative estimate of drug-likeness (QED) is 0.727. The molecule has 1 heterocycles. The smallest absolute Gasteiger partial charge is 0.230 e. The molecule has 3 aromatic rings. The van der Waals surface area contributed by atoms with Crippen LogP contribution in [-0.4, -0.2) is 17.1 Å². The van der Waals surface area contributed by atoms with Crippen molar-refractivity contribution < 1.29 is 13.9 Å². The summed E-state index contributed by atoms with van der Waals surface area (Å²) in [6.45, 7) is 2.20. The van der Waals surface area contributed by atoms with Gasteiger partial charge in [-0.2, -0.15) is 4.98 Å². The van der Waals surface area contributed by atoms with E-state index in [1.807, 2.05) is 31.2 Å². The number of aromatic nitrogens is 2. The summed E-state index contributed by atoms with van der Waals surface area (Å²) in [6, 6.07) is 15.5. The van der Waals surface area contributed by atoms with Crippen LogP contribution in [0.15, 0.2) is 54.6 Å². The molecule has 0 aliphatic heterocycles. The van der Waals surface area contributed by atoms with E-state index < -0.39 is 0 Å². The molecule has 2 aromatic carbocycles. The standard InChI is InChI=1S/C19H18FN3O2/c1-13-9-18(25-12-14-5-3-8-17(10-14)24-2)23-19(21-13)22-16-7-4-6-15(20)11-16/h3-11H,12H2,1-2H3,(H,21,22,23). The second-order valence-electron chi connectivity index (χ2n) is 5.45. The number of aryl methyl sites for hydroxylation is 1. The lowest BCUT2D eigenvalue weighted by Crippen LogP contribution is -2.03. The van der Waals surface area contributed by atoms with Crippen LogP contribution >= 0.6 is 0 Å². The van der Waals surface area contributed by atoms with Gasteiger partial charge < -0.3 is 14.8 Å². The molecule has 6 heteroatoms. The van der Waals surface area contributed by atoms with E-state index in [0.717, 1.165) is 17.0 Å². The summed E-state index contributed by atoms with van der Waals surface area (Å²) in [5.74, 6) is 1.24. The Morgan fingerprint density at radius 2 is 1.88 bits per heavy atom. The first-order chi connectivity index (χ1) is 12.1. The second kappa shape index (κ2) is 7.61. The molecule has 25 heavy (non-hydrogen) atoms. The highest BCUT2D eigenvalue weighted by Gasteiger charge is 2.05. The van der Waals surface area contributed by atoms with Crippen LogP contribution in [0.2, 0.25) is 0 Å². The van der Waals surface area contributed by atoms with Crippen molar-refractivity contribution in [1.29, 1.82) is 0 Å². The van der Waals surface area contributed by atoms with Crippen LogP contribution in [0.3, 0.4) is 0 Å². The average molecular weight is 339 g/mol. The Bertz CT molecular complexity index is 871. The maximum atomic E-state index is 13.3. The fraction of sp³-hybridized carbons (Fsp3) is 0.158. The number of nitrogens with one attached hydrogen (secondary N) is 1. The molecule has 0 unspecified atom stereocenters. The normalized spacial score (nSPS) is 10.4. The van der Waals surface area contributed by atoms with Crippen LogP contribution in [-0.2, 0) is 6.61 Å². The monoisotopic (exact) mass is 339 g/mol. The van der Waals surface area contributed by atoms with Crippen molar-refractivity contribution in [2.45, 2.75) is 13.5 Å². The van der Waals surface area contributed by atoms with Crippen molar-refractivity contribution in [1.82, 2.24) is 9.97 Å². The van der Waals surface area contributed by atoms with Gasteiger partial charge in [-0.3, -0.25) is 0 Å². The number of halogens is 1. The molecular formula is C19H18FN3O2.